The molecule has 2 aromatic carbocycles. The number of nitrogens with zero attached hydrogens (tertiary/aromatic N) is 3. The van der Waals surface area contributed by atoms with E-state index in [2.05, 4.69) is 10.6 Å². The lowest BCUT2D eigenvalue weighted by atomic mass is 9.89. The third-order valence-electron chi connectivity index (χ3n) is 7.38. The SMILES string of the molecule is Cc1ccccc1N(C)C(=O)N1CC(OC(=O)NC2CN(c3cc(F)c(C4CCC(=O)NC4=O)c(F)c3)C2)C1. The van der Waals surface area contributed by atoms with Crippen molar-refractivity contribution in [3.05, 3.63) is 59.2 Å². The first-order valence-electron chi connectivity index (χ1n) is 12.7. The molecule has 0 saturated carbocycles. The molecule has 3 saturated heterocycles. The number of amides is 5. The summed E-state index contributed by atoms with van der Waals surface area (Å²) in [6.45, 7) is 3.15. The van der Waals surface area contributed by atoms with E-state index in [9.17, 15) is 28.0 Å². The number of para-hydroxylation sites is 1. The summed E-state index contributed by atoms with van der Waals surface area (Å²) < 4.78 is 35.0. The van der Waals surface area contributed by atoms with Crippen molar-refractivity contribution in [1.29, 1.82) is 0 Å². The Labute approximate surface area is 223 Å². The minimum atomic E-state index is -1.06. The van der Waals surface area contributed by atoms with Crippen LogP contribution in [0, 0.1) is 18.6 Å². The normalized spacial score (nSPS) is 19.6. The van der Waals surface area contributed by atoms with Gasteiger partial charge in [0.25, 0.3) is 0 Å². The standard InChI is InChI=1S/C27H29F2N5O5/c1-15-5-3-4-6-22(15)32(2)27(38)34-13-18(14-34)39-26(37)30-16-11-33(12-16)17-9-20(28)24(21(29)10-17)19-7-8-23(35)31-25(19)36/h3-6,9-10,16,18-19H,7-8,11-14H2,1-2H3,(H,30,37)(H,31,35,36). The lowest BCUT2D eigenvalue weighted by Gasteiger charge is -2.43. The zero-order valence-electron chi connectivity index (χ0n) is 21.6. The number of nitrogens with one attached hydrogen (secondary N) is 2. The highest BCUT2D eigenvalue weighted by Crippen LogP contribution is 2.33. The second kappa shape index (κ2) is 10.5. The predicted molar refractivity (Wildman–Crippen MR) is 137 cm³/mol. The maximum Gasteiger partial charge on any atom is 0.407 e. The number of hydrogen-bond donors (Lipinski definition) is 2. The van der Waals surface area contributed by atoms with Gasteiger partial charge in [-0.05, 0) is 37.1 Å². The van der Waals surface area contributed by atoms with E-state index in [0.29, 0.717) is 18.8 Å². The van der Waals surface area contributed by atoms with Gasteiger partial charge >= 0.3 is 12.1 Å². The number of carbonyl (C=O) groups excluding carboxylic acids is 4. The van der Waals surface area contributed by atoms with Crippen molar-refractivity contribution >= 4 is 35.3 Å². The van der Waals surface area contributed by atoms with Crippen LogP contribution in [0.25, 0.3) is 0 Å². The molecule has 10 nitrogen and oxygen atoms in total. The number of anilines is 2. The summed E-state index contributed by atoms with van der Waals surface area (Å²) in [5.41, 5.74) is 1.73. The molecule has 3 aliphatic heterocycles. The Morgan fingerprint density at radius 2 is 1.74 bits per heavy atom. The van der Waals surface area contributed by atoms with E-state index in [1.165, 1.54) is 0 Å². The summed E-state index contributed by atoms with van der Waals surface area (Å²) in [5, 5.41) is 4.84. The van der Waals surface area contributed by atoms with Crippen LogP contribution in [-0.4, -0.2) is 74.2 Å². The molecule has 206 valence electrons. The van der Waals surface area contributed by atoms with E-state index < -0.39 is 41.6 Å². The lowest BCUT2D eigenvalue weighted by molar-refractivity contribution is -0.134. The number of aryl methyl sites for hydroxylation is 1. The van der Waals surface area contributed by atoms with Gasteiger partial charge in [0.1, 0.15) is 17.7 Å². The minimum Gasteiger partial charge on any atom is -0.442 e. The van der Waals surface area contributed by atoms with Crippen LogP contribution < -0.4 is 20.4 Å². The van der Waals surface area contributed by atoms with E-state index in [1.54, 1.807) is 21.7 Å². The van der Waals surface area contributed by atoms with Crippen LogP contribution in [0.15, 0.2) is 36.4 Å². The van der Waals surface area contributed by atoms with Crippen LogP contribution in [0.4, 0.5) is 29.7 Å². The van der Waals surface area contributed by atoms with Crippen LogP contribution in [0.3, 0.4) is 0 Å². The van der Waals surface area contributed by atoms with Gasteiger partial charge in [-0.15, -0.1) is 0 Å². The Bertz CT molecular complexity index is 1300. The molecule has 0 radical (unpaired) electrons. The van der Waals surface area contributed by atoms with Crippen LogP contribution in [0.5, 0.6) is 0 Å². The molecule has 5 amide bonds. The maximum absolute atomic E-state index is 14.8. The third-order valence-corrected chi connectivity index (χ3v) is 7.38. The summed E-state index contributed by atoms with van der Waals surface area (Å²) in [5.74, 6) is -3.93. The fourth-order valence-electron chi connectivity index (χ4n) is 5.11. The Morgan fingerprint density at radius 3 is 2.38 bits per heavy atom. The molecule has 0 aliphatic carbocycles. The van der Waals surface area contributed by atoms with E-state index in [-0.39, 0.29) is 43.6 Å². The molecule has 2 aromatic rings. The lowest BCUT2D eigenvalue weighted by Crippen LogP contribution is -2.62. The first-order chi connectivity index (χ1) is 18.6. The number of rotatable bonds is 5. The first-order valence-corrected chi connectivity index (χ1v) is 12.7. The van der Waals surface area contributed by atoms with Crippen molar-refractivity contribution in [2.45, 2.75) is 37.8 Å². The van der Waals surface area contributed by atoms with Crippen LogP contribution in [0.2, 0.25) is 0 Å². The number of hydrogen-bond acceptors (Lipinski definition) is 6. The largest absolute Gasteiger partial charge is 0.442 e. The summed E-state index contributed by atoms with van der Waals surface area (Å²) in [6.07, 6.45) is -0.967. The number of urea groups is 1. The molecule has 39 heavy (non-hydrogen) atoms. The number of benzene rings is 2. The topological polar surface area (TPSA) is 111 Å². The number of imide groups is 1. The van der Waals surface area contributed by atoms with Gasteiger partial charge in [-0.25, -0.2) is 18.4 Å². The summed E-state index contributed by atoms with van der Waals surface area (Å²) in [7, 11) is 1.70. The number of alkyl carbamates (subject to hydrolysis) is 1. The van der Waals surface area contributed by atoms with Gasteiger partial charge in [0.05, 0.1) is 25.0 Å². The quantitative estimate of drug-likeness (QED) is 0.564. The molecule has 0 aromatic heterocycles. The zero-order valence-corrected chi connectivity index (χ0v) is 21.6. The highest BCUT2D eigenvalue weighted by molar-refractivity contribution is 6.01. The van der Waals surface area contributed by atoms with Crippen LogP contribution in [-0.2, 0) is 14.3 Å². The van der Waals surface area contributed by atoms with E-state index in [1.807, 2.05) is 31.2 Å². The molecule has 1 unspecified atom stereocenters. The summed E-state index contributed by atoms with van der Waals surface area (Å²) in [4.78, 5) is 53.2. The number of likely N-dealkylation sites (tertiary alicyclic amines) is 1. The highest BCUT2D eigenvalue weighted by Gasteiger charge is 2.38. The zero-order chi connectivity index (χ0) is 27.8. The van der Waals surface area contributed by atoms with Gasteiger partial charge in [0.2, 0.25) is 11.8 Å². The Kier molecular flexibility index (Phi) is 7.11. The van der Waals surface area contributed by atoms with Gasteiger partial charge in [-0.2, -0.15) is 0 Å². The summed E-state index contributed by atoms with van der Waals surface area (Å²) in [6, 6.07) is 9.42. The van der Waals surface area contributed by atoms with Crippen LogP contribution in [0.1, 0.15) is 29.9 Å². The van der Waals surface area contributed by atoms with E-state index in [4.69, 9.17) is 4.74 Å². The summed E-state index contributed by atoms with van der Waals surface area (Å²) >= 11 is 0. The van der Waals surface area contributed by atoms with Gasteiger partial charge < -0.3 is 19.9 Å². The van der Waals surface area contributed by atoms with Crippen molar-refractivity contribution in [3.63, 3.8) is 0 Å². The van der Waals surface area contributed by atoms with Crippen molar-refractivity contribution in [3.8, 4) is 0 Å². The van der Waals surface area contributed by atoms with E-state index >= 15 is 0 Å². The monoisotopic (exact) mass is 541 g/mol. The number of piperidine rings is 1. The molecule has 1 atom stereocenters. The molecule has 2 N–H and O–H groups in total. The Balaban J connectivity index is 1.07. The molecule has 3 aliphatic rings. The van der Waals surface area contributed by atoms with Crippen molar-refractivity contribution in [2.75, 3.05) is 43.0 Å². The van der Waals surface area contributed by atoms with Gasteiger partial charge in [0, 0.05) is 43.5 Å². The van der Waals surface area contributed by atoms with Gasteiger partial charge in [-0.1, -0.05) is 18.2 Å². The van der Waals surface area contributed by atoms with Gasteiger partial charge in [0.15, 0.2) is 0 Å². The number of halogens is 2. The molecular weight excluding hydrogens is 512 g/mol. The molecule has 3 heterocycles. The van der Waals surface area contributed by atoms with Crippen molar-refractivity contribution < 1.29 is 32.7 Å². The predicted octanol–water partition coefficient (Wildman–Crippen LogP) is 2.65. The van der Waals surface area contributed by atoms with Crippen molar-refractivity contribution in [1.82, 2.24) is 15.5 Å². The first kappa shape index (κ1) is 26.4. The second-order valence-corrected chi connectivity index (χ2v) is 10.1. The molecule has 3 fully saturated rings. The molecule has 0 spiro atoms. The number of carbonyl (C=O) groups is 4. The molecule has 12 heteroatoms. The fraction of sp³-hybridized carbons (Fsp3) is 0.407. The molecular formula is C27H29F2N5O5. The van der Waals surface area contributed by atoms with Crippen molar-refractivity contribution in [2.24, 2.45) is 0 Å². The average molecular weight is 542 g/mol. The second-order valence-electron chi connectivity index (χ2n) is 10.1. The van der Waals surface area contributed by atoms with Crippen LogP contribution >= 0.6 is 0 Å². The molecule has 5 rings (SSSR count). The van der Waals surface area contributed by atoms with Gasteiger partial charge in [-0.3, -0.25) is 19.8 Å². The minimum absolute atomic E-state index is 0.0201. The smallest absolute Gasteiger partial charge is 0.407 e. The third kappa shape index (κ3) is 5.36. The Morgan fingerprint density at radius 1 is 1.08 bits per heavy atom. The maximum atomic E-state index is 14.8. The number of ether oxygens (including phenoxy) is 1. The average Bonchev–Trinajstić information content (AvgIpc) is 2.83. The molecule has 0 bridgehead atoms. The highest BCUT2D eigenvalue weighted by atomic mass is 19.1. The van der Waals surface area contributed by atoms with E-state index in [0.717, 1.165) is 23.4 Å². The Hall–Kier alpha value is -4.22. The fourth-order valence-corrected chi connectivity index (χ4v) is 5.11.